The highest BCUT2D eigenvalue weighted by molar-refractivity contribution is 7.89. The summed E-state index contributed by atoms with van der Waals surface area (Å²) in [6.45, 7) is 4.38. The quantitative estimate of drug-likeness (QED) is 0.741. The lowest BCUT2D eigenvalue weighted by molar-refractivity contribution is 0.102. The Balaban J connectivity index is 2.09. The van der Waals surface area contributed by atoms with Crippen molar-refractivity contribution in [3.05, 3.63) is 59.2 Å². The first-order chi connectivity index (χ1) is 11.8. The second-order valence-electron chi connectivity index (χ2n) is 5.69. The molecule has 0 radical (unpaired) electrons. The molecule has 0 spiro atoms. The molecule has 0 fully saturated rings. The third-order valence-corrected chi connectivity index (χ3v) is 5.13. The molecule has 0 aliphatic carbocycles. The van der Waals surface area contributed by atoms with Gasteiger partial charge in [0, 0.05) is 24.9 Å². The average Bonchev–Trinajstić information content (AvgIpc) is 2.57. The van der Waals surface area contributed by atoms with Gasteiger partial charge in [-0.15, -0.1) is 0 Å². The highest BCUT2D eigenvalue weighted by atomic mass is 32.2. The summed E-state index contributed by atoms with van der Waals surface area (Å²) in [5.41, 5.74) is 3.20. The summed E-state index contributed by atoms with van der Waals surface area (Å²) in [7, 11) is -2.11. The second kappa shape index (κ2) is 8.24. The molecule has 0 aromatic heterocycles. The SMILES string of the molecule is COCCNS(=O)(=O)c1ccc(C(=O)Nc2ccc(C)cc2C)cc1. The first-order valence-corrected chi connectivity index (χ1v) is 9.29. The topological polar surface area (TPSA) is 84.5 Å². The molecule has 0 atom stereocenters. The number of methoxy groups -OCH3 is 1. The van der Waals surface area contributed by atoms with Gasteiger partial charge in [0.25, 0.3) is 5.91 Å². The van der Waals surface area contributed by atoms with E-state index < -0.39 is 10.0 Å². The maximum Gasteiger partial charge on any atom is 0.255 e. The lowest BCUT2D eigenvalue weighted by Crippen LogP contribution is -2.27. The fourth-order valence-electron chi connectivity index (χ4n) is 2.30. The van der Waals surface area contributed by atoms with Crippen LogP contribution in [0.5, 0.6) is 0 Å². The van der Waals surface area contributed by atoms with Crippen LogP contribution in [0.3, 0.4) is 0 Å². The number of hydrogen-bond donors (Lipinski definition) is 2. The Morgan fingerprint density at radius 3 is 2.36 bits per heavy atom. The van der Waals surface area contributed by atoms with E-state index in [1.54, 1.807) is 0 Å². The molecule has 0 unspecified atom stereocenters. The van der Waals surface area contributed by atoms with Crippen LogP contribution in [-0.2, 0) is 14.8 Å². The predicted octanol–water partition coefficient (Wildman–Crippen LogP) is 2.48. The molecule has 0 saturated heterocycles. The number of rotatable bonds is 7. The summed E-state index contributed by atoms with van der Waals surface area (Å²) in [6.07, 6.45) is 0. The van der Waals surface area contributed by atoms with E-state index in [-0.39, 0.29) is 24.0 Å². The Bertz CT molecular complexity index is 846. The van der Waals surface area contributed by atoms with E-state index in [9.17, 15) is 13.2 Å². The third-order valence-electron chi connectivity index (χ3n) is 3.66. The van der Waals surface area contributed by atoms with E-state index in [0.29, 0.717) is 5.56 Å². The van der Waals surface area contributed by atoms with Crippen LogP contribution >= 0.6 is 0 Å². The minimum absolute atomic E-state index is 0.103. The number of ether oxygens (including phenoxy) is 1. The summed E-state index contributed by atoms with van der Waals surface area (Å²) in [6, 6.07) is 11.5. The molecule has 0 heterocycles. The van der Waals surface area contributed by atoms with Crippen molar-refractivity contribution in [1.29, 1.82) is 0 Å². The molecule has 2 N–H and O–H groups in total. The molecule has 2 aromatic carbocycles. The number of nitrogens with one attached hydrogen (secondary N) is 2. The molecule has 0 saturated carbocycles. The van der Waals surface area contributed by atoms with Gasteiger partial charge in [0.05, 0.1) is 11.5 Å². The molecule has 0 aliphatic heterocycles. The van der Waals surface area contributed by atoms with Gasteiger partial charge in [-0.25, -0.2) is 13.1 Å². The number of carbonyl (C=O) groups is 1. The minimum atomic E-state index is -3.61. The van der Waals surface area contributed by atoms with Crippen LogP contribution in [0.25, 0.3) is 0 Å². The van der Waals surface area contributed by atoms with E-state index in [1.807, 2.05) is 32.0 Å². The zero-order valence-electron chi connectivity index (χ0n) is 14.5. The van der Waals surface area contributed by atoms with Gasteiger partial charge in [0.2, 0.25) is 10.0 Å². The number of aryl methyl sites for hydroxylation is 2. The lowest BCUT2D eigenvalue weighted by atomic mass is 10.1. The van der Waals surface area contributed by atoms with Crippen molar-refractivity contribution < 1.29 is 17.9 Å². The molecule has 7 heteroatoms. The molecule has 25 heavy (non-hydrogen) atoms. The molecular formula is C18H22N2O4S. The number of anilines is 1. The number of carbonyl (C=O) groups excluding carboxylic acids is 1. The predicted molar refractivity (Wildman–Crippen MR) is 97.4 cm³/mol. The highest BCUT2D eigenvalue weighted by Gasteiger charge is 2.14. The fraction of sp³-hybridized carbons (Fsp3) is 0.278. The smallest absolute Gasteiger partial charge is 0.255 e. The van der Waals surface area contributed by atoms with E-state index in [2.05, 4.69) is 10.0 Å². The van der Waals surface area contributed by atoms with Crippen LogP contribution in [0.2, 0.25) is 0 Å². The van der Waals surface area contributed by atoms with Gasteiger partial charge in [-0.3, -0.25) is 4.79 Å². The second-order valence-corrected chi connectivity index (χ2v) is 7.45. The van der Waals surface area contributed by atoms with Crippen molar-refractivity contribution in [2.24, 2.45) is 0 Å². The summed E-state index contributed by atoms with van der Waals surface area (Å²) in [4.78, 5) is 12.4. The molecular weight excluding hydrogens is 340 g/mol. The first-order valence-electron chi connectivity index (χ1n) is 7.81. The Hall–Kier alpha value is -2.22. The average molecular weight is 362 g/mol. The fourth-order valence-corrected chi connectivity index (χ4v) is 3.31. The van der Waals surface area contributed by atoms with E-state index in [1.165, 1.54) is 31.4 Å². The zero-order chi connectivity index (χ0) is 18.4. The summed E-state index contributed by atoms with van der Waals surface area (Å²) in [5.74, 6) is -0.289. The van der Waals surface area contributed by atoms with Crippen molar-refractivity contribution >= 4 is 21.6 Å². The summed E-state index contributed by atoms with van der Waals surface area (Å²) >= 11 is 0. The van der Waals surface area contributed by atoms with Crippen LogP contribution in [0, 0.1) is 13.8 Å². The van der Waals surface area contributed by atoms with E-state index in [4.69, 9.17) is 4.74 Å². The van der Waals surface area contributed by atoms with Crippen molar-refractivity contribution in [1.82, 2.24) is 4.72 Å². The minimum Gasteiger partial charge on any atom is -0.383 e. The van der Waals surface area contributed by atoms with Crippen molar-refractivity contribution in [2.45, 2.75) is 18.7 Å². The van der Waals surface area contributed by atoms with Crippen LogP contribution in [-0.4, -0.2) is 34.6 Å². The Kier molecular flexibility index (Phi) is 6.30. The van der Waals surface area contributed by atoms with Crippen LogP contribution in [0.1, 0.15) is 21.5 Å². The normalized spacial score (nSPS) is 11.3. The van der Waals surface area contributed by atoms with Gasteiger partial charge in [-0.2, -0.15) is 0 Å². The molecule has 134 valence electrons. The number of benzene rings is 2. The Labute approximate surface area is 148 Å². The van der Waals surface area contributed by atoms with Gasteiger partial charge < -0.3 is 10.1 Å². The van der Waals surface area contributed by atoms with Gasteiger partial charge in [-0.1, -0.05) is 17.7 Å². The van der Waals surface area contributed by atoms with Gasteiger partial charge >= 0.3 is 0 Å². The first kappa shape index (κ1) is 19.1. The third kappa shape index (κ3) is 5.12. The molecule has 0 aliphatic rings. The lowest BCUT2D eigenvalue weighted by Gasteiger charge is -2.10. The van der Waals surface area contributed by atoms with Crippen molar-refractivity contribution in [3.8, 4) is 0 Å². The number of amides is 1. The Morgan fingerprint density at radius 2 is 1.76 bits per heavy atom. The monoisotopic (exact) mass is 362 g/mol. The number of sulfonamides is 1. The maximum atomic E-state index is 12.3. The van der Waals surface area contributed by atoms with E-state index >= 15 is 0 Å². The molecule has 2 aromatic rings. The van der Waals surface area contributed by atoms with Crippen LogP contribution in [0.15, 0.2) is 47.4 Å². The summed E-state index contributed by atoms with van der Waals surface area (Å²) in [5, 5.41) is 2.83. The van der Waals surface area contributed by atoms with Crippen LogP contribution < -0.4 is 10.0 Å². The Morgan fingerprint density at radius 1 is 1.08 bits per heavy atom. The molecule has 6 nitrogen and oxygen atoms in total. The van der Waals surface area contributed by atoms with Crippen molar-refractivity contribution in [2.75, 3.05) is 25.6 Å². The summed E-state index contributed by atoms with van der Waals surface area (Å²) < 4.78 is 31.4. The van der Waals surface area contributed by atoms with Gasteiger partial charge in [-0.05, 0) is 49.7 Å². The van der Waals surface area contributed by atoms with Crippen molar-refractivity contribution in [3.63, 3.8) is 0 Å². The molecule has 0 bridgehead atoms. The van der Waals surface area contributed by atoms with Gasteiger partial charge in [0.1, 0.15) is 0 Å². The zero-order valence-corrected chi connectivity index (χ0v) is 15.3. The molecule has 1 amide bonds. The van der Waals surface area contributed by atoms with Crippen LogP contribution in [0.4, 0.5) is 5.69 Å². The number of hydrogen-bond acceptors (Lipinski definition) is 4. The largest absolute Gasteiger partial charge is 0.383 e. The van der Waals surface area contributed by atoms with Gasteiger partial charge in [0.15, 0.2) is 0 Å². The van der Waals surface area contributed by atoms with E-state index in [0.717, 1.165) is 16.8 Å². The standard InChI is InChI=1S/C18H22N2O4S/c1-13-4-9-17(14(2)12-13)20-18(21)15-5-7-16(8-6-15)25(22,23)19-10-11-24-3/h4-9,12,19H,10-11H2,1-3H3,(H,20,21). The maximum absolute atomic E-state index is 12.3. The highest BCUT2D eigenvalue weighted by Crippen LogP contribution is 2.18. The molecule has 2 rings (SSSR count).